The number of nitro groups is 1. The maximum atomic E-state index is 10.6. The van der Waals surface area contributed by atoms with Gasteiger partial charge >= 0.3 is 0 Å². The molecule has 0 aliphatic carbocycles. The summed E-state index contributed by atoms with van der Waals surface area (Å²) in [5.41, 5.74) is 1.25. The van der Waals surface area contributed by atoms with Gasteiger partial charge in [0.2, 0.25) is 0 Å². The summed E-state index contributed by atoms with van der Waals surface area (Å²) in [7, 11) is 0. The molecule has 0 aliphatic rings. The summed E-state index contributed by atoms with van der Waals surface area (Å²) in [5.74, 6) is 0.640. The monoisotopic (exact) mass is 334 g/mol. The first-order valence-corrected chi connectivity index (χ1v) is 7.80. The van der Waals surface area contributed by atoms with Crippen molar-refractivity contribution in [2.75, 3.05) is 13.2 Å². The molecule has 0 aliphatic heterocycles. The summed E-state index contributed by atoms with van der Waals surface area (Å²) in [4.78, 5) is 10.1. The van der Waals surface area contributed by atoms with E-state index < -0.39 is 4.92 Å². The van der Waals surface area contributed by atoms with Crippen LogP contribution in [0.2, 0.25) is 5.02 Å². The largest absolute Gasteiger partial charge is 0.494 e. The molecule has 0 amide bonds. The predicted molar refractivity (Wildman–Crippen MR) is 91.1 cm³/mol. The summed E-state index contributed by atoms with van der Waals surface area (Å²) >= 11 is 5.87. The number of non-ortho nitro benzene ring substituents is 1. The number of halogens is 1. The maximum Gasteiger partial charge on any atom is 0.269 e. The number of nitrogens with one attached hydrogen (secondary N) is 1. The van der Waals surface area contributed by atoms with Crippen molar-refractivity contribution in [1.29, 1.82) is 0 Å². The highest BCUT2D eigenvalue weighted by Gasteiger charge is 2.05. The Morgan fingerprint density at radius 2 is 1.83 bits per heavy atom. The van der Waals surface area contributed by atoms with E-state index in [2.05, 4.69) is 12.2 Å². The van der Waals surface area contributed by atoms with Crippen LogP contribution in [0.3, 0.4) is 0 Å². The van der Waals surface area contributed by atoms with Gasteiger partial charge in [0.15, 0.2) is 0 Å². The number of rotatable bonds is 8. The van der Waals surface area contributed by atoms with Gasteiger partial charge in [-0.15, -0.1) is 0 Å². The molecule has 1 atom stereocenters. The van der Waals surface area contributed by atoms with Crippen LogP contribution < -0.4 is 10.1 Å². The molecule has 0 saturated carbocycles. The Labute approximate surface area is 140 Å². The van der Waals surface area contributed by atoms with Gasteiger partial charge in [-0.3, -0.25) is 10.1 Å². The van der Waals surface area contributed by atoms with Crippen LogP contribution >= 0.6 is 11.6 Å². The van der Waals surface area contributed by atoms with Crippen molar-refractivity contribution < 1.29 is 9.66 Å². The van der Waals surface area contributed by atoms with E-state index in [-0.39, 0.29) is 11.7 Å². The number of benzene rings is 2. The fourth-order valence-electron chi connectivity index (χ4n) is 2.11. The summed E-state index contributed by atoms with van der Waals surface area (Å²) < 4.78 is 5.56. The van der Waals surface area contributed by atoms with Crippen LogP contribution in [0.1, 0.15) is 24.9 Å². The third-order valence-electron chi connectivity index (χ3n) is 3.46. The first-order valence-electron chi connectivity index (χ1n) is 7.42. The van der Waals surface area contributed by atoms with Crippen LogP contribution in [0, 0.1) is 10.1 Å². The van der Waals surface area contributed by atoms with Crippen LogP contribution in [0.5, 0.6) is 5.75 Å². The first-order chi connectivity index (χ1) is 11.1. The lowest BCUT2D eigenvalue weighted by atomic mass is 10.1. The van der Waals surface area contributed by atoms with E-state index in [1.807, 2.05) is 24.3 Å². The van der Waals surface area contributed by atoms with Crippen molar-refractivity contribution in [1.82, 2.24) is 5.32 Å². The van der Waals surface area contributed by atoms with E-state index in [1.54, 1.807) is 12.1 Å². The topological polar surface area (TPSA) is 64.4 Å². The normalized spacial score (nSPS) is 11.9. The highest BCUT2D eigenvalue weighted by molar-refractivity contribution is 6.30. The lowest BCUT2D eigenvalue weighted by Gasteiger charge is -2.14. The zero-order chi connectivity index (χ0) is 16.7. The average Bonchev–Trinajstić information content (AvgIpc) is 2.55. The molecule has 0 fully saturated rings. The Balaban J connectivity index is 1.67. The highest BCUT2D eigenvalue weighted by Crippen LogP contribution is 2.18. The molecule has 1 N–H and O–H groups in total. The maximum absolute atomic E-state index is 10.6. The van der Waals surface area contributed by atoms with E-state index in [9.17, 15) is 10.1 Å². The van der Waals surface area contributed by atoms with E-state index in [1.165, 1.54) is 17.7 Å². The minimum atomic E-state index is -0.425. The summed E-state index contributed by atoms with van der Waals surface area (Å²) in [6, 6.07) is 14.1. The van der Waals surface area contributed by atoms with Crippen molar-refractivity contribution in [3.63, 3.8) is 0 Å². The second kappa shape index (κ2) is 8.50. The van der Waals surface area contributed by atoms with Crippen LogP contribution in [0.15, 0.2) is 48.5 Å². The molecule has 1 unspecified atom stereocenters. The molecule has 0 bridgehead atoms. The lowest BCUT2D eigenvalue weighted by molar-refractivity contribution is -0.384. The Morgan fingerprint density at radius 3 is 2.43 bits per heavy atom. The Morgan fingerprint density at radius 1 is 1.17 bits per heavy atom. The summed E-state index contributed by atoms with van der Waals surface area (Å²) in [5, 5.41) is 14.7. The van der Waals surface area contributed by atoms with Gasteiger partial charge < -0.3 is 10.1 Å². The molecule has 5 nitrogen and oxygen atoms in total. The average molecular weight is 335 g/mol. The van der Waals surface area contributed by atoms with E-state index in [0.29, 0.717) is 12.4 Å². The quantitative estimate of drug-likeness (QED) is 0.442. The summed E-state index contributed by atoms with van der Waals surface area (Å²) in [6.07, 6.45) is 0.842. The van der Waals surface area contributed by atoms with Gasteiger partial charge in [0.25, 0.3) is 5.69 Å². The minimum absolute atomic E-state index is 0.0656. The van der Waals surface area contributed by atoms with E-state index in [0.717, 1.165) is 18.0 Å². The minimum Gasteiger partial charge on any atom is -0.494 e. The number of nitrogens with zero attached hydrogens (tertiary/aromatic N) is 1. The standard InChI is InChI=1S/C17H19ClN2O3/c1-13(14-3-5-15(18)6-4-14)19-11-2-12-23-17-9-7-16(8-10-17)20(21)22/h3-10,13,19H,2,11-12H2,1H3. The fraction of sp³-hybridized carbons (Fsp3) is 0.294. The van der Waals surface area contributed by atoms with Crippen LogP contribution in [0.25, 0.3) is 0 Å². The van der Waals surface area contributed by atoms with Crippen molar-refractivity contribution in [3.8, 4) is 5.75 Å². The molecule has 122 valence electrons. The van der Waals surface area contributed by atoms with Crippen molar-refractivity contribution in [3.05, 3.63) is 69.2 Å². The Bertz CT molecular complexity index is 629. The summed E-state index contributed by atoms with van der Waals surface area (Å²) in [6.45, 7) is 3.47. The number of ether oxygens (including phenoxy) is 1. The molecular weight excluding hydrogens is 316 g/mol. The van der Waals surface area contributed by atoms with Crippen molar-refractivity contribution in [2.45, 2.75) is 19.4 Å². The third kappa shape index (κ3) is 5.54. The molecule has 0 aromatic heterocycles. The van der Waals surface area contributed by atoms with Gasteiger partial charge in [0.1, 0.15) is 5.75 Å². The predicted octanol–water partition coefficient (Wildman–Crippen LogP) is 4.37. The zero-order valence-electron chi connectivity index (χ0n) is 12.9. The second-order valence-electron chi connectivity index (χ2n) is 5.18. The SMILES string of the molecule is CC(NCCCOc1ccc([N+](=O)[O-])cc1)c1ccc(Cl)cc1. The van der Waals surface area contributed by atoms with E-state index >= 15 is 0 Å². The number of hydrogen-bond acceptors (Lipinski definition) is 4. The van der Waals surface area contributed by atoms with Crippen LogP contribution in [0.4, 0.5) is 5.69 Å². The number of nitro benzene ring substituents is 1. The van der Waals surface area contributed by atoms with Gasteiger partial charge in [-0.05, 0) is 49.7 Å². The molecule has 6 heteroatoms. The molecule has 0 spiro atoms. The molecule has 23 heavy (non-hydrogen) atoms. The molecule has 2 aromatic rings. The molecule has 2 rings (SSSR count). The van der Waals surface area contributed by atoms with E-state index in [4.69, 9.17) is 16.3 Å². The second-order valence-corrected chi connectivity index (χ2v) is 5.62. The molecular formula is C17H19ClN2O3. The van der Waals surface area contributed by atoms with Gasteiger partial charge in [-0.25, -0.2) is 0 Å². The third-order valence-corrected chi connectivity index (χ3v) is 3.71. The molecule has 0 saturated heterocycles. The van der Waals surface area contributed by atoms with Crippen molar-refractivity contribution >= 4 is 17.3 Å². The van der Waals surface area contributed by atoms with Gasteiger partial charge in [0.05, 0.1) is 11.5 Å². The van der Waals surface area contributed by atoms with Gasteiger partial charge in [0, 0.05) is 23.2 Å². The Hall–Kier alpha value is -2.11. The Kier molecular flexibility index (Phi) is 6.38. The molecule has 0 heterocycles. The van der Waals surface area contributed by atoms with Crippen LogP contribution in [-0.2, 0) is 0 Å². The molecule has 0 radical (unpaired) electrons. The number of hydrogen-bond donors (Lipinski definition) is 1. The van der Waals surface area contributed by atoms with Gasteiger partial charge in [-0.1, -0.05) is 23.7 Å². The zero-order valence-corrected chi connectivity index (χ0v) is 13.6. The van der Waals surface area contributed by atoms with Gasteiger partial charge in [-0.2, -0.15) is 0 Å². The fourth-order valence-corrected chi connectivity index (χ4v) is 2.24. The lowest BCUT2D eigenvalue weighted by Crippen LogP contribution is -2.21. The smallest absolute Gasteiger partial charge is 0.269 e. The van der Waals surface area contributed by atoms with Crippen LogP contribution in [-0.4, -0.2) is 18.1 Å². The first kappa shape index (κ1) is 17.2. The molecule has 2 aromatic carbocycles. The highest BCUT2D eigenvalue weighted by atomic mass is 35.5. The van der Waals surface area contributed by atoms with Crippen molar-refractivity contribution in [2.24, 2.45) is 0 Å².